The molecule has 0 atom stereocenters. The number of H-pyrrole nitrogens is 1. The van der Waals surface area contributed by atoms with E-state index in [1.807, 2.05) is 7.05 Å². The molecule has 0 bridgehead atoms. The van der Waals surface area contributed by atoms with E-state index >= 15 is 0 Å². The lowest BCUT2D eigenvalue weighted by Crippen LogP contribution is -2.04. The first-order valence-corrected chi connectivity index (χ1v) is 4.84. The summed E-state index contributed by atoms with van der Waals surface area (Å²) in [6, 6.07) is 3.70. The average molecular weight is 223 g/mol. The Morgan fingerprint density at radius 1 is 1.31 bits per heavy atom. The summed E-state index contributed by atoms with van der Waals surface area (Å²) in [5.41, 5.74) is 1.42. The fourth-order valence-corrected chi connectivity index (χ4v) is 1.43. The van der Waals surface area contributed by atoms with Crippen molar-refractivity contribution in [2.45, 2.75) is 6.54 Å². The van der Waals surface area contributed by atoms with Crippen LogP contribution in [-0.2, 0) is 6.54 Å². The number of rotatable bonds is 3. The van der Waals surface area contributed by atoms with Gasteiger partial charge >= 0.3 is 0 Å². The molecule has 0 unspecified atom stereocenters. The lowest BCUT2D eigenvalue weighted by molar-refractivity contribution is 0.509. The van der Waals surface area contributed by atoms with E-state index in [4.69, 9.17) is 0 Å². The van der Waals surface area contributed by atoms with Crippen molar-refractivity contribution >= 4 is 0 Å². The summed E-state index contributed by atoms with van der Waals surface area (Å²) in [5, 5.41) is 2.96. The highest BCUT2D eigenvalue weighted by molar-refractivity contribution is 5.55. The number of aromatic amines is 1. The van der Waals surface area contributed by atoms with Gasteiger partial charge in [0.15, 0.2) is 11.6 Å². The fourth-order valence-electron chi connectivity index (χ4n) is 1.43. The normalized spacial score (nSPS) is 10.7. The van der Waals surface area contributed by atoms with Crippen LogP contribution in [0.1, 0.15) is 5.69 Å². The molecule has 84 valence electrons. The van der Waals surface area contributed by atoms with Gasteiger partial charge in [-0.05, 0) is 25.2 Å². The topological polar surface area (TPSA) is 40.7 Å². The molecule has 0 saturated heterocycles. The standard InChI is InChI=1S/C11H11F2N3/c1-14-5-8-6-15-11(16-8)7-2-3-9(12)10(13)4-7/h2-4,6,14H,5H2,1H3,(H,15,16). The van der Waals surface area contributed by atoms with Gasteiger partial charge in [0.05, 0.1) is 0 Å². The van der Waals surface area contributed by atoms with Gasteiger partial charge in [-0.1, -0.05) is 0 Å². The number of hydrogen-bond donors (Lipinski definition) is 2. The van der Waals surface area contributed by atoms with Gasteiger partial charge in [-0.3, -0.25) is 0 Å². The number of aromatic nitrogens is 2. The Morgan fingerprint density at radius 3 is 2.81 bits per heavy atom. The molecule has 0 aliphatic heterocycles. The van der Waals surface area contributed by atoms with E-state index in [2.05, 4.69) is 15.3 Å². The number of nitrogens with zero attached hydrogens (tertiary/aromatic N) is 1. The Balaban J connectivity index is 2.31. The van der Waals surface area contributed by atoms with Gasteiger partial charge in [0.2, 0.25) is 0 Å². The summed E-state index contributed by atoms with van der Waals surface area (Å²) >= 11 is 0. The van der Waals surface area contributed by atoms with E-state index in [1.54, 1.807) is 6.20 Å². The highest BCUT2D eigenvalue weighted by Gasteiger charge is 2.07. The van der Waals surface area contributed by atoms with Crippen molar-refractivity contribution in [1.82, 2.24) is 15.3 Å². The summed E-state index contributed by atoms with van der Waals surface area (Å²) in [6.45, 7) is 0.649. The zero-order valence-corrected chi connectivity index (χ0v) is 8.72. The van der Waals surface area contributed by atoms with Crippen LogP contribution >= 0.6 is 0 Å². The second-order valence-corrected chi connectivity index (χ2v) is 3.42. The molecule has 0 amide bonds. The molecule has 0 saturated carbocycles. The van der Waals surface area contributed by atoms with Crippen molar-refractivity contribution in [3.05, 3.63) is 41.7 Å². The van der Waals surface area contributed by atoms with Crippen molar-refractivity contribution in [3.8, 4) is 11.4 Å². The predicted octanol–water partition coefficient (Wildman–Crippen LogP) is 2.07. The highest BCUT2D eigenvalue weighted by Crippen LogP contribution is 2.18. The Hall–Kier alpha value is -1.75. The van der Waals surface area contributed by atoms with Gasteiger partial charge < -0.3 is 10.3 Å². The third-order valence-corrected chi connectivity index (χ3v) is 2.19. The first-order valence-electron chi connectivity index (χ1n) is 4.84. The van der Waals surface area contributed by atoms with E-state index in [0.29, 0.717) is 17.9 Å². The molecule has 1 aromatic carbocycles. The molecule has 2 aromatic rings. The van der Waals surface area contributed by atoms with Crippen LogP contribution in [0.5, 0.6) is 0 Å². The third kappa shape index (κ3) is 2.09. The van der Waals surface area contributed by atoms with E-state index < -0.39 is 11.6 Å². The summed E-state index contributed by atoms with van der Waals surface area (Å²) in [5.74, 6) is -1.20. The minimum atomic E-state index is -0.871. The minimum Gasteiger partial charge on any atom is -0.341 e. The molecule has 2 rings (SSSR count). The number of imidazole rings is 1. The number of nitrogens with one attached hydrogen (secondary N) is 2. The molecule has 2 N–H and O–H groups in total. The summed E-state index contributed by atoms with van der Waals surface area (Å²) in [4.78, 5) is 7.11. The molecular weight excluding hydrogens is 212 g/mol. The van der Waals surface area contributed by atoms with Crippen molar-refractivity contribution in [2.75, 3.05) is 7.05 Å². The van der Waals surface area contributed by atoms with Crippen LogP contribution in [0, 0.1) is 11.6 Å². The second kappa shape index (κ2) is 4.40. The molecule has 0 aliphatic carbocycles. The molecule has 1 aromatic heterocycles. The van der Waals surface area contributed by atoms with Crippen LogP contribution in [0.25, 0.3) is 11.4 Å². The van der Waals surface area contributed by atoms with E-state index in [1.165, 1.54) is 6.07 Å². The summed E-state index contributed by atoms with van der Waals surface area (Å²) in [6.07, 6.45) is 1.66. The van der Waals surface area contributed by atoms with Gasteiger partial charge in [-0.2, -0.15) is 0 Å². The maximum Gasteiger partial charge on any atom is 0.159 e. The van der Waals surface area contributed by atoms with Gasteiger partial charge in [0, 0.05) is 24.0 Å². The van der Waals surface area contributed by atoms with Crippen LogP contribution in [0.2, 0.25) is 0 Å². The summed E-state index contributed by atoms with van der Waals surface area (Å²) in [7, 11) is 1.82. The highest BCUT2D eigenvalue weighted by atomic mass is 19.2. The first-order chi connectivity index (χ1) is 7.70. The van der Waals surface area contributed by atoms with Gasteiger partial charge in [-0.15, -0.1) is 0 Å². The maximum atomic E-state index is 13.0. The van der Waals surface area contributed by atoms with Crippen molar-refractivity contribution in [1.29, 1.82) is 0 Å². The Bertz CT molecular complexity index is 494. The zero-order valence-electron chi connectivity index (χ0n) is 8.72. The molecule has 16 heavy (non-hydrogen) atoms. The maximum absolute atomic E-state index is 13.0. The number of halogens is 2. The van der Waals surface area contributed by atoms with Crippen LogP contribution in [-0.4, -0.2) is 17.0 Å². The minimum absolute atomic E-state index is 0.529. The zero-order chi connectivity index (χ0) is 11.5. The van der Waals surface area contributed by atoms with Gasteiger partial charge in [0.25, 0.3) is 0 Å². The first kappa shape index (κ1) is 10.8. The molecule has 0 aliphatic rings. The Morgan fingerprint density at radius 2 is 2.12 bits per heavy atom. The SMILES string of the molecule is CNCc1cnc(-c2ccc(F)c(F)c2)[nH]1. The molecule has 0 fully saturated rings. The molecule has 1 heterocycles. The average Bonchev–Trinajstić information content (AvgIpc) is 2.71. The van der Waals surface area contributed by atoms with Crippen molar-refractivity contribution in [3.63, 3.8) is 0 Å². The molecule has 0 spiro atoms. The number of hydrogen-bond acceptors (Lipinski definition) is 2. The van der Waals surface area contributed by atoms with Crippen molar-refractivity contribution in [2.24, 2.45) is 0 Å². The Labute approximate surface area is 91.5 Å². The Kier molecular flexibility index (Phi) is 2.96. The largest absolute Gasteiger partial charge is 0.341 e. The molecule has 5 heteroatoms. The smallest absolute Gasteiger partial charge is 0.159 e. The second-order valence-electron chi connectivity index (χ2n) is 3.42. The fraction of sp³-hybridized carbons (Fsp3) is 0.182. The van der Waals surface area contributed by atoms with Crippen molar-refractivity contribution < 1.29 is 8.78 Å². The monoisotopic (exact) mass is 223 g/mol. The van der Waals surface area contributed by atoms with Crippen LogP contribution in [0.4, 0.5) is 8.78 Å². The van der Waals surface area contributed by atoms with E-state index in [-0.39, 0.29) is 0 Å². The van der Waals surface area contributed by atoms with Crippen LogP contribution in [0.15, 0.2) is 24.4 Å². The lowest BCUT2D eigenvalue weighted by Gasteiger charge is -1.98. The van der Waals surface area contributed by atoms with E-state index in [0.717, 1.165) is 17.8 Å². The van der Waals surface area contributed by atoms with Crippen LogP contribution in [0.3, 0.4) is 0 Å². The predicted molar refractivity (Wildman–Crippen MR) is 56.7 cm³/mol. The van der Waals surface area contributed by atoms with E-state index in [9.17, 15) is 8.78 Å². The molecule has 3 nitrogen and oxygen atoms in total. The van der Waals surface area contributed by atoms with Crippen LogP contribution < -0.4 is 5.32 Å². The van der Waals surface area contributed by atoms with Gasteiger partial charge in [0.1, 0.15) is 5.82 Å². The summed E-state index contributed by atoms with van der Waals surface area (Å²) < 4.78 is 25.7. The van der Waals surface area contributed by atoms with Gasteiger partial charge in [-0.25, -0.2) is 13.8 Å². The lowest BCUT2D eigenvalue weighted by atomic mass is 10.2. The molecule has 0 radical (unpaired) electrons. The molecular formula is C11H11F2N3. The quantitative estimate of drug-likeness (QED) is 0.836. The number of benzene rings is 1. The third-order valence-electron chi connectivity index (χ3n) is 2.19.